The van der Waals surface area contributed by atoms with Gasteiger partial charge in [0.15, 0.2) is 11.5 Å². The second-order valence-electron chi connectivity index (χ2n) is 5.31. The summed E-state index contributed by atoms with van der Waals surface area (Å²) in [5, 5.41) is 9.26. The Bertz CT molecular complexity index is 706. The molecule has 22 heavy (non-hydrogen) atoms. The van der Waals surface area contributed by atoms with Gasteiger partial charge >= 0.3 is 5.97 Å². The van der Waals surface area contributed by atoms with Crippen molar-refractivity contribution in [2.24, 2.45) is 0 Å². The molecule has 1 heterocycles. The molecule has 0 saturated heterocycles. The Morgan fingerprint density at radius 3 is 2.32 bits per heavy atom. The minimum absolute atomic E-state index is 0.0157. The lowest BCUT2D eigenvalue weighted by atomic mass is 9.98. The van der Waals surface area contributed by atoms with Crippen molar-refractivity contribution in [2.75, 3.05) is 0 Å². The molecular formula is C17H18N2O3. The molecule has 5 nitrogen and oxygen atoms in total. The summed E-state index contributed by atoms with van der Waals surface area (Å²) < 4.78 is 0. The van der Waals surface area contributed by atoms with Crippen molar-refractivity contribution in [3.05, 3.63) is 58.7 Å². The van der Waals surface area contributed by atoms with Crippen LogP contribution in [-0.2, 0) is 6.42 Å². The normalized spacial score (nSPS) is 10.7. The summed E-state index contributed by atoms with van der Waals surface area (Å²) >= 11 is 0. The number of nitrogens with zero attached hydrogens (tertiary/aromatic N) is 2. The lowest BCUT2D eigenvalue weighted by Gasteiger charge is -2.08. The fourth-order valence-electron chi connectivity index (χ4n) is 2.09. The van der Waals surface area contributed by atoms with E-state index in [0.29, 0.717) is 23.7 Å². The van der Waals surface area contributed by atoms with E-state index >= 15 is 0 Å². The molecule has 0 unspecified atom stereocenters. The molecule has 5 heteroatoms. The summed E-state index contributed by atoms with van der Waals surface area (Å²) in [5.41, 5.74) is 1.32. The molecule has 114 valence electrons. The summed E-state index contributed by atoms with van der Waals surface area (Å²) in [7, 11) is 0. The maximum atomic E-state index is 12.5. The number of aryl methyl sites for hydroxylation is 1. The van der Waals surface area contributed by atoms with Crippen LogP contribution in [0.5, 0.6) is 0 Å². The van der Waals surface area contributed by atoms with Gasteiger partial charge in [-0.3, -0.25) is 4.79 Å². The number of ketones is 1. The first-order valence-corrected chi connectivity index (χ1v) is 7.17. The predicted octanol–water partition coefficient (Wildman–Crippen LogP) is 3.09. The Labute approximate surface area is 129 Å². The number of aromatic nitrogens is 2. The van der Waals surface area contributed by atoms with E-state index in [-0.39, 0.29) is 17.0 Å². The topological polar surface area (TPSA) is 80.2 Å². The number of rotatable bonds is 5. The van der Waals surface area contributed by atoms with Crippen LogP contribution in [0.2, 0.25) is 0 Å². The molecule has 0 radical (unpaired) electrons. The molecule has 0 aliphatic heterocycles. The van der Waals surface area contributed by atoms with Gasteiger partial charge in [0, 0.05) is 18.2 Å². The molecule has 0 bridgehead atoms. The van der Waals surface area contributed by atoms with E-state index in [1.807, 2.05) is 19.1 Å². The van der Waals surface area contributed by atoms with Gasteiger partial charge in [0.05, 0.1) is 5.56 Å². The Morgan fingerprint density at radius 1 is 1.18 bits per heavy atom. The maximum Gasteiger partial charge on any atom is 0.355 e. The van der Waals surface area contributed by atoms with Gasteiger partial charge in [0.2, 0.25) is 0 Å². The summed E-state index contributed by atoms with van der Waals surface area (Å²) in [4.78, 5) is 31.8. The molecule has 2 aromatic rings. The molecular weight excluding hydrogens is 280 g/mol. The van der Waals surface area contributed by atoms with E-state index in [0.717, 1.165) is 5.56 Å². The summed E-state index contributed by atoms with van der Waals surface area (Å²) in [5.74, 6) is -0.829. The molecule has 0 fully saturated rings. The molecule has 0 aliphatic rings. The van der Waals surface area contributed by atoms with Gasteiger partial charge in [0.1, 0.15) is 5.82 Å². The van der Waals surface area contributed by atoms with Crippen LogP contribution in [-0.4, -0.2) is 26.8 Å². The molecule has 2 rings (SSSR count). The van der Waals surface area contributed by atoms with Crippen LogP contribution in [0.3, 0.4) is 0 Å². The second kappa shape index (κ2) is 6.47. The third-order valence-electron chi connectivity index (χ3n) is 3.44. The average molecular weight is 298 g/mol. The van der Waals surface area contributed by atoms with Crippen molar-refractivity contribution in [3.8, 4) is 0 Å². The smallest absolute Gasteiger partial charge is 0.355 e. The average Bonchev–Trinajstić information content (AvgIpc) is 2.53. The highest BCUT2D eigenvalue weighted by Gasteiger charge is 2.21. The Hall–Kier alpha value is -2.56. The molecule has 0 aliphatic carbocycles. The molecule has 1 N–H and O–H groups in total. The number of benzene rings is 1. The van der Waals surface area contributed by atoms with Gasteiger partial charge in [-0.1, -0.05) is 45.0 Å². The standard InChI is InChI=1S/C17H18N2O3/c1-4-14-18-9-13(15(19-14)17(21)22)16(20)12-7-5-11(6-8-12)10(2)3/h5-10H,4H2,1-3H3,(H,21,22). The largest absolute Gasteiger partial charge is 0.476 e. The summed E-state index contributed by atoms with van der Waals surface area (Å²) in [6, 6.07) is 7.16. The Kier molecular flexibility index (Phi) is 4.65. The van der Waals surface area contributed by atoms with Crippen molar-refractivity contribution in [1.82, 2.24) is 9.97 Å². The van der Waals surface area contributed by atoms with E-state index in [1.165, 1.54) is 6.20 Å². The van der Waals surface area contributed by atoms with Crippen LogP contribution in [0.1, 0.15) is 64.5 Å². The number of carbonyl (C=O) groups excluding carboxylic acids is 1. The van der Waals surface area contributed by atoms with Gasteiger partial charge in [-0.05, 0) is 11.5 Å². The first kappa shape index (κ1) is 15.8. The van der Waals surface area contributed by atoms with Crippen LogP contribution in [0.25, 0.3) is 0 Å². The van der Waals surface area contributed by atoms with Crippen molar-refractivity contribution >= 4 is 11.8 Å². The lowest BCUT2D eigenvalue weighted by Crippen LogP contribution is -2.14. The third kappa shape index (κ3) is 3.19. The number of carboxylic acids is 1. The number of carbonyl (C=O) groups is 2. The van der Waals surface area contributed by atoms with Gasteiger partial charge in [-0.2, -0.15) is 0 Å². The van der Waals surface area contributed by atoms with Gasteiger partial charge in [0.25, 0.3) is 0 Å². The maximum absolute atomic E-state index is 12.5. The first-order chi connectivity index (χ1) is 10.4. The van der Waals surface area contributed by atoms with E-state index in [1.54, 1.807) is 12.1 Å². The summed E-state index contributed by atoms with van der Waals surface area (Å²) in [6.07, 6.45) is 1.81. The SMILES string of the molecule is CCc1ncc(C(=O)c2ccc(C(C)C)cc2)c(C(=O)O)n1. The van der Waals surface area contributed by atoms with Gasteiger partial charge in [-0.25, -0.2) is 14.8 Å². The number of aromatic carboxylic acids is 1. The number of carboxylic acid groups (broad SMARTS) is 1. The van der Waals surface area contributed by atoms with Crippen LogP contribution in [0.4, 0.5) is 0 Å². The Morgan fingerprint density at radius 2 is 1.82 bits per heavy atom. The first-order valence-electron chi connectivity index (χ1n) is 7.17. The molecule has 0 amide bonds. The van der Waals surface area contributed by atoms with E-state index < -0.39 is 5.97 Å². The zero-order valence-electron chi connectivity index (χ0n) is 12.8. The quantitative estimate of drug-likeness (QED) is 0.858. The zero-order chi connectivity index (χ0) is 16.3. The van der Waals surface area contributed by atoms with E-state index in [9.17, 15) is 14.7 Å². The lowest BCUT2D eigenvalue weighted by molar-refractivity contribution is 0.0685. The van der Waals surface area contributed by atoms with Crippen LogP contribution < -0.4 is 0 Å². The van der Waals surface area contributed by atoms with Gasteiger partial charge in [-0.15, -0.1) is 0 Å². The van der Waals surface area contributed by atoms with Crippen molar-refractivity contribution in [3.63, 3.8) is 0 Å². The highest BCUT2D eigenvalue weighted by molar-refractivity contribution is 6.13. The third-order valence-corrected chi connectivity index (χ3v) is 3.44. The molecule has 0 saturated carbocycles. The van der Waals surface area contributed by atoms with E-state index in [2.05, 4.69) is 23.8 Å². The fourth-order valence-corrected chi connectivity index (χ4v) is 2.09. The van der Waals surface area contributed by atoms with Crippen LogP contribution in [0.15, 0.2) is 30.5 Å². The van der Waals surface area contributed by atoms with Crippen LogP contribution in [0, 0.1) is 0 Å². The predicted molar refractivity (Wildman–Crippen MR) is 82.3 cm³/mol. The van der Waals surface area contributed by atoms with Gasteiger partial charge < -0.3 is 5.11 Å². The Balaban J connectivity index is 2.42. The van der Waals surface area contributed by atoms with Crippen LogP contribution >= 0.6 is 0 Å². The van der Waals surface area contributed by atoms with Crippen molar-refractivity contribution < 1.29 is 14.7 Å². The molecule has 1 aromatic heterocycles. The summed E-state index contributed by atoms with van der Waals surface area (Å²) in [6.45, 7) is 5.96. The zero-order valence-corrected chi connectivity index (χ0v) is 12.8. The minimum Gasteiger partial charge on any atom is -0.476 e. The molecule has 1 aromatic carbocycles. The minimum atomic E-state index is -1.22. The van der Waals surface area contributed by atoms with E-state index in [4.69, 9.17) is 0 Å². The highest BCUT2D eigenvalue weighted by Crippen LogP contribution is 2.18. The molecule has 0 spiro atoms. The monoisotopic (exact) mass is 298 g/mol. The fraction of sp³-hybridized carbons (Fsp3) is 0.294. The number of hydrogen-bond donors (Lipinski definition) is 1. The number of hydrogen-bond acceptors (Lipinski definition) is 4. The van der Waals surface area contributed by atoms with Crippen molar-refractivity contribution in [2.45, 2.75) is 33.1 Å². The van der Waals surface area contributed by atoms with Crippen molar-refractivity contribution in [1.29, 1.82) is 0 Å². The second-order valence-corrected chi connectivity index (χ2v) is 5.31. The highest BCUT2D eigenvalue weighted by atomic mass is 16.4. The molecule has 0 atom stereocenters.